The number of piperidine rings is 1. The number of halogens is 2. The van der Waals surface area contributed by atoms with Gasteiger partial charge in [0.25, 0.3) is 0 Å². The van der Waals surface area contributed by atoms with Crippen LogP contribution in [-0.4, -0.2) is 28.5 Å². The highest BCUT2D eigenvalue weighted by molar-refractivity contribution is 6.32. The van der Waals surface area contributed by atoms with Crippen LogP contribution in [0.3, 0.4) is 0 Å². The predicted molar refractivity (Wildman–Crippen MR) is 129 cm³/mol. The maximum Gasteiger partial charge on any atom is 0.0635 e. The summed E-state index contributed by atoms with van der Waals surface area (Å²) in [7, 11) is 0. The average Bonchev–Trinajstić information content (AvgIpc) is 3.04. The standard InChI is InChI=1S/C26H27Cl2N3/c27-24-9-3-1-7-22(24)26(23-8-2-4-10-25(23)28)31-20-11-12-21(31)15-18(14-20)16-30-19-6-5-13-29-17-19/h1-10,13,17-18,20-21,26,30H,11-12,14-16H2. The normalized spacial score (nSPS) is 23.3. The molecule has 0 amide bonds. The number of hydrogen-bond acceptors (Lipinski definition) is 3. The van der Waals surface area contributed by atoms with Crippen molar-refractivity contribution in [1.29, 1.82) is 0 Å². The highest BCUT2D eigenvalue weighted by atomic mass is 35.5. The van der Waals surface area contributed by atoms with E-state index in [4.69, 9.17) is 23.2 Å². The molecule has 3 aromatic rings. The van der Waals surface area contributed by atoms with Crippen molar-refractivity contribution < 1.29 is 0 Å². The quantitative estimate of drug-likeness (QED) is 0.444. The molecule has 2 aliphatic heterocycles. The third kappa shape index (κ3) is 4.32. The van der Waals surface area contributed by atoms with Crippen LogP contribution in [-0.2, 0) is 0 Å². The van der Waals surface area contributed by atoms with Gasteiger partial charge in [-0.25, -0.2) is 0 Å². The third-order valence-corrected chi connectivity index (χ3v) is 7.53. The van der Waals surface area contributed by atoms with Crippen LogP contribution in [0.25, 0.3) is 0 Å². The fourth-order valence-electron chi connectivity index (χ4n) is 5.53. The van der Waals surface area contributed by atoms with Crippen molar-refractivity contribution >= 4 is 28.9 Å². The average molecular weight is 452 g/mol. The first-order valence-corrected chi connectivity index (χ1v) is 11.9. The smallest absolute Gasteiger partial charge is 0.0635 e. The first kappa shape index (κ1) is 20.8. The molecule has 0 radical (unpaired) electrons. The van der Waals surface area contributed by atoms with E-state index in [0.29, 0.717) is 18.0 Å². The van der Waals surface area contributed by atoms with Gasteiger partial charge in [-0.3, -0.25) is 9.88 Å². The number of benzene rings is 2. The molecule has 0 saturated carbocycles. The van der Waals surface area contributed by atoms with E-state index >= 15 is 0 Å². The van der Waals surface area contributed by atoms with Gasteiger partial charge in [0.2, 0.25) is 0 Å². The van der Waals surface area contributed by atoms with Crippen molar-refractivity contribution in [3.8, 4) is 0 Å². The molecule has 31 heavy (non-hydrogen) atoms. The molecule has 160 valence electrons. The van der Waals surface area contributed by atoms with E-state index in [1.54, 1.807) is 0 Å². The van der Waals surface area contributed by atoms with Gasteiger partial charge in [-0.1, -0.05) is 59.6 Å². The molecule has 2 fully saturated rings. The second-order valence-electron chi connectivity index (χ2n) is 8.74. The van der Waals surface area contributed by atoms with Gasteiger partial charge >= 0.3 is 0 Å². The summed E-state index contributed by atoms with van der Waals surface area (Å²) in [5.41, 5.74) is 3.41. The van der Waals surface area contributed by atoms with E-state index in [9.17, 15) is 0 Å². The van der Waals surface area contributed by atoms with Crippen molar-refractivity contribution in [1.82, 2.24) is 9.88 Å². The number of nitrogens with one attached hydrogen (secondary N) is 1. The number of pyridine rings is 1. The molecule has 2 saturated heterocycles. The summed E-state index contributed by atoms with van der Waals surface area (Å²) in [5, 5.41) is 5.21. The van der Waals surface area contributed by atoms with E-state index < -0.39 is 0 Å². The van der Waals surface area contributed by atoms with E-state index in [1.165, 1.54) is 25.7 Å². The fraction of sp³-hybridized carbons (Fsp3) is 0.346. The molecule has 2 atom stereocenters. The number of nitrogens with zero attached hydrogens (tertiary/aromatic N) is 2. The molecule has 0 aliphatic carbocycles. The van der Waals surface area contributed by atoms with Gasteiger partial charge in [0.1, 0.15) is 0 Å². The molecule has 5 rings (SSSR count). The number of hydrogen-bond donors (Lipinski definition) is 1. The Balaban J connectivity index is 1.41. The molecular formula is C26H27Cl2N3. The molecule has 3 heterocycles. The van der Waals surface area contributed by atoms with E-state index in [1.807, 2.05) is 42.7 Å². The zero-order valence-corrected chi connectivity index (χ0v) is 18.9. The van der Waals surface area contributed by atoms with Crippen LogP contribution in [0.2, 0.25) is 10.0 Å². The Hall–Kier alpha value is -2.07. The summed E-state index contributed by atoms with van der Waals surface area (Å²) in [6, 6.07) is 21.7. The summed E-state index contributed by atoms with van der Waals surface area (Å²) >= 11 is 13.4. The molecule has 2 aromatic carbocycles. The van der Waals surface area contributed by atoms with Gasteiger partial charge in [-0.05, 0) is 67.0 Å². The lowest BCUT2D eigenvalue weighted by atomic mass is 9.86. The van der Waals surface area contributed by atoms with Crippen LogP contribution in [0.5, 0.6) is 0 Å². The van der Waals surface area contributed by atoms with Gasteiger partial charge < -0.3 is 5.32 Å². The lowest BCUT2D eigenvalue weighted by molar-refractivity contribution is 0.0777. The zero-order chi connectivity index (χ0) is 21.2. The van der Waals surface area contributed by atoms with Gasteiger partial charge in [0, 0.05) is 41.1 Å². The van der Waals surface area contributed by atoms with Gasteiger partial charge in [-0.15, -0.1) is 0 Å². The van der Waals surface area contributed by atoms with E-state index in [-0.39, 0.29) is 6.04 Å². The van der Waals surface area contributed by atoms with E-state index in [0.717, 1.165) is 33.4 Å². The minimum Gasteiger partial charge on any atom is -0.384 e. The Labute approximate surface area is 194 Å². The van der Waals surface area contributed by atoms with Crippen molar-refractivity contribution in [2.24, 2.45) is 5.92 Å². The summed E-state index contributed by atoms with van der Waals surface area (Å²) < 4.78 is 0. The minimum absolute atomic E-state index is 0.0899. The number of aromatic nitrogens is 1. The van der Waals surface area contributed by atoms with Crippen molar-refractivity contribution in [2.75, 3.05) is 11.9 Å². The summed E-state index contributed by atoms with van der Waals surface area (Å²) in [6.07, 6.45) is 8.56. The van der Waals surface area contributed by atoms with Crippen molar-refractivity contribution in [2.45, 2.75) is 43.8 Å². The largest absolute Gasteiger partial charge is 0.384 e. The third-order valence-electron chi connectivity index (χ3n) is 6.84. The molecular weight excluding hydrogens is 425 g/mol. The summed E-state index contributed by atoms with van der Waals surface area (Å²) in [5.74, 6) is 0.659. The molecule has 2 bridgehead atoms. The first-order chi connectivity index (χ1) is 15.2. The Morgan fingerprint density at radius 3 is 2.03 bits per heavy atom. The highest BCUT2D eigenvalue weighted by Gasteiger charge is 2.45. The number of fused-ring (bicyclic) bond motifs is 2. The minimum atomic E-state index is 0.0899. The second-order valence-corrected chi connectivity index (χ2v) is 9.55. The molecule has 2 aliphatic rings. The Bertz CT molecular complexity index is 966. The maximum absolute atomic E-state index is 6.72. The van der Waals surface area contributed by atoms with Gasteiger partial charge in [-0.2, -0.15) is 0 Å². The topological polar surface area (TPSA) is 28.2 Å². The molecule has 1 N–H and O–H groups in total. The molecule has 0 spiro atoms. The molecule has 2 unspecified atom stereocenters. The number of anilines is 1. The highest BCUT2D eigenvalue weighted by Crippen LogP contribution is 2.48. The van der Waals surface area contributed by atoms with Crippen molar-refractivity contribution in [3.63, 3.8) is 0 Å². The summed E-state index contributed by atoms with van der Waals surface area (Å²) in [6.45, 7) is 0.995. The SMILES string of the molecule is Clc1ccccc1C(c1ccccc1Cl)N1C2CCC1CC(CNc1cccnc1)C2. The lowest BCUT2D eigenvalue weighted by Gasteiger charge is -2.44. The Kier molecular flexibility index (Phi) is 6.17. The van der Waals surface area contributed by atoms with Crippen LogP contribution in [0.4, 0.5) is 5.69 Å². The van der Waals surface area contributed by atoms with Crippen LogP contribution < -0.4 is 5.32 Å². The van der Waals surface area contributed by atoms with Gasteiger partial charge in [0.15, 0.2) is 0 Å². The second kappa shape index (κ2) is 9.20. The number of rotatable bonds is 6. The predicted octanol–water partition coefficient (Wildman–Crippen LogP) is 6.83. The molecule has 5 heteroatoms. The van der Waals surface area contributed by atoms with Crippen LogP contribution in [0.15, 0.2) is 73.1 Å². The molecule has 1 aromatic heterocycles. The lowest BCUT2D eigenvalue weighted by Crippen LogP contribution is -2.46. The maximum atomic E-state index is 6.72. The Morgan fingerprint density at radius 2 is 1.48 bits per heavy atom. The fourth-order valence-corrected chi connectivity index (χ4v) is 6.00. The van der Waals surface area contributed by atoms with E-state index in [2.05, 4.69) is 45.5 Å². The first-order valence-electron chi connectivity index (χ1n) is 11.1. The van der Waals surface area contributed by atoms with Crippen LogP contribution in [0, 0.1) is 5.92 Å². The summed E-state index contributed by atoms with van der Waals surface area (Å²) in [4.78, 5) is 6.93. The molecule has 3 nitrogen and oxygen atoms in total. The van der Waals surface area contributed by atoms with Crippen molar-refractivity contribution in [3.05, 3.63) is 94.2 Å². The Morgan fingerprint density at radius 1 is 0.871 bits per heavy atom. The van der Waals surface area contributed by atoms with Crippen LogP contribution >= 0.6 is 23.2 Å². The van der Waals surface area contributed by atoms with Gasteiger partial charge in [0.05, 0.1) is 11.7 Å². The van der Waals surface area contributed by atoms with Crippen LogP contribution in [0.1, 0.15) is 42.9 Å². The monoisotopic (exact) mass is 451 g/mol. The zero-order valence-electron chi connectivity index (χ0n) is 17.4.